The van der Waals surface area contributed by atoms with E-state index >= 15 is 0 Å². The van der Waals surface area contributed by atoms with Crippen molar-refractivity contribution in [2.24, 2.45) is 5.92 Å². The third-order valence-corrected chi connectivity index (χ3v) is 5.49. The Balaban J connectivity index is 1.77. The van der Waals surface area contributed by atoms with Crippen LogP contribution in [0.25, 0.3) is 0 Å². The zero-order chi connectivity index (χ0) is 19.6. The summed E-state index contributed by atoms with van der Waals surface area (Å²) < 4.78 is 1.98. The third kappa shape index (κ3) is 7.14. The van der Waals surface area contributed by atoms with Crippen LogP contribution in [0.3, 0.4) is 0 Å². The molecule has 27 heavy (non-hydrogen) atoms. The van der Waals surface area contributed by atoms with Gasteiger partial charge in [-0.25, -0.2) is 0 Å². The molecular formula is C18H32N6O2S. The molecule has 1 saturated heterocycles. The number of nitrogens with one attached hydrogen (secondary N) is 2. The normalized spacial score (nSPS) is 20.9. The molecule has 8 nitrogen and oxygen atoms in total. The topological polar surface area (TPSA) is 92.1 Å². The molecule has 0 unspecified atom stereocenters. The molecule has 0 saturated carbocycles. The van der Waals surface area contributed by atoms with Gasteiger partial charge in [0, 0.05) is 50.8 Å². The second-order valence-corrected chi connectivity index (χ2v) is 8.06. The van der Waals surface area contributed by atoms with Crippen molar-refractivity contribution >= 4 is 23.6 Å². The summed E-state index contributed by atoms with van der Waals surface area (Å²) in [7, 11) is 2.01. The number of nitrogens with zero attached hydrogens (tertiary/aromatic N) is 4. The van der Waals surface area contributed by atoms with Crippen LogP contribution in [0.15, 0.2) is 6.33 Å². The highest BCUT2D eigenvalue weighted by Crippen LogP contribution is 2.16. The Hall–Kier alpha value is -1.61. The number of likely N-dealkylation sites (N-methyl/N-ethyl adjacent to an activating group) is 1. The van der Waals surface area contributed by atoms with E-state index in [9.17, 15) is 9.59 Å². The van der Waals surface area contributed by atoms with Crippen LogP contribution in [0.5, 0.6) is 0 Å². The zero-order valence-corrected chi connectivity index (χ0v) is 17.4. The van der Waals surface area contributed by atoms with Gasteiger partial charge in [-0.2, -0.15) is 11.8 Å². The number of aromatic nitrogens is 3. The summed E-state index contributed by atoms with van der Waals surface area (Å²) in [6.07, 6.45) is 6.56. The predicted octanol–water partition coefficient (Wildman–Crippen LogP) is 0.536. The van der Waals surface area contributed by atoms with Crippen LogP contribution in [-0.2, 0) is 22.6 Å². The number of hydrogen-bond donors (Lipinski definition) is 2. The molecule has 1 aliphatic rings. The van der Waals surface area contributed by atoms with Gasteiger partial charge in [-0.15, -0.1) is 10.2 Å². The fourth-order valence-electron chi connectivity index (χ4n) is 3.42. The smallest absolute Gasteiger partial charge is 0.224 e. The van der Waals surface area contributed by atoms with Crippen molar-refractivity contribution in [2.75, 3.05) is 38.7 Å². The van der Waals surface area contributed by atoms with Gasteiger partial charge in [-0.1, -0.05) is 0 Å². The Morgan fingerprint density at radius 1 is 1.33 bits per heavy atom. The lowest BCUT2D eigenvalue weighted by molar-refractivity contribution is -0.125. The van der Waals surface area contributed by atoms with E-state index in [1.807, 2.05) is 24.8 Å². The number of rotatable bonds is 9. The Bertz CT molecular complexity index is 608. The maximum Gasteiger partial charge on any atom is 0.224 e. The van der Waals surface area contributed by atoms with E-state index in [0.717, 1.165) is 37.5 Å². The van der Waals surface area contributed by atoms with Crippen LogP contribution in [-0.4, -0.2) is 76.2 Å². The number of carbonyl (C=O) groups excluding carboxylic acids is 2. The van der Waals surface area contributed by atoms with Crippen LogP contribution in [0, 0.1) is 5.92 Å². The van der Waals surface area contributed by atoms with Crippen molar-refractivity contribution in [1.29, 1.82) is 0 Å². The number of aryl methyl sites for hydroxylation is 1. The number of thioether (sulfide) groups is 1. The van der Waals surface area contributed by atoms with E-state index in [-0.39, 0.29) is 23.8 Å². The molecule has 0 bridgehead atoms. The molecule has 2 N–H and O–H groups in total. The summed E-state index contributed by atoms with van der Waals surface area (Å²) in [6.45, 7) is 4.94. The van der Waals surface area contributed by atoms with Crippen LogP contribution in [0.4, 0.5) is 0 Å². The molecular weight excluding hydrogens is 364 g/mol. The SMILES string of the molecule is CCn1cnnc1CCNC(=O)[C@@H]1CC[C@H](NC(=O)CCSC)CN(C)C1. The average Bonchev–Trinajstić information content (AvgIpc) is 3.02. The van der Waals surface area contributed by atoms with Crippen LogP contribution in [0.1, 0.15) is 32.0 Å². The van der Waals surface area contributed by atoms with Gasteiger partial charge in [0.2, 0.25) is 11.8 Å². The first kappa shape index (κ1) is 21.7. The van der Waals surface area contributed by atoms with Crippen molar-refractivity contribution < 1.29 is 9.59 Å². The molecule has 9 heteroatoms. The Morgan fingerprint density at radius 2 is 2.15 bits per heavy atom. The van der Waals surface area contributed by atoms with Crippen LogP contribution in [0.2, 0.25) is 0 Å². The zero-order valence-electron chi connectivity index (χ0n) is 16.6. The average molecular weight is 397 g/mol. The van der Waals surface area contributed by atoms with Gasteiger partial charge in [0.05, 0.1) is 5.92 Å². The molecule has 152 valence electrons. The molecule has 1 aromatic heterocycles. The van der Waals surface area contributed by atoms with Gasteiger partial charge >= 0.3 is 0 Å². The highest BCUT2D eigenvalue weighted by molar-refractivity contribution is 7.98. The second-order valence-electron chi connectivity index (χ2n) is 7.08. The maximum atomic E-state index is 12.6. The molecule has 0 aliphatic carbocycles. The van der Waals surface area contributed by atoms with E-state index in [4.69, 9.17) is 0 Å². The van der Waals surface area contributed by atoms with Gasteiger partial charge in [-0.05, 0) is 33.1 Å². The number of amides is 2. The van der Waals surface area contributed by atoms with Crippen molar-refractivity contribution in [2.45, 2.75) is 45.2 Å². The maximum absolute atomic E-state index is 12.6. The molecule has 2 heterocycles. The molecule has 1 aliphatic heterocycles. The van der Waals surface area contributed by atoms with Crippen molar-refractivity contribution in [3.63, 3.8) is 0 Å². The van der Waals surface area contributed by atoms with Crippen molar-refractivity contribution in [3.05, 3.63) is 12.2 Å². The van der Waals surface area contributed by atoms with Gasteiger partial charge in [-0.3, -0.25) is 9.59 Å². The fraction of sp³-hybridized carbons (Fsp3) is 0.778. The first-order valence-electron chi connectivity index (χ1n) is 9.64. The fourth-order valence-corrected chi connectivity index (χ4v) is 3.81. The first-order chi connectivity index (χ1) is 13.0. The quantitative estimate of drug-likeness (QED) is 0.633. The summed E-state index contributed by atoms with van der Waals surface area (Å²) in [4.78, 5) is 26.7. The lowest BCUT2D eigenvalue weighted by atomic mass is 10.0. The van der Waals surface area contributed by atoms with E-state index < -0.39 is 0 Å². The number of hydrogen-bond acceptors (Lipinski definition) is 6. The summed E-state index contributed by atoms with van der Waals surface area (Å²) >= 11 is 1.68. The molecule has 2 atom stereocenters. The molecule has 2 rings (SSSR count). The summed E-state index contributed by atoms with van der Waals surface area (Å²) in [6, 6.07) is 0.116. The minimum Gasteiger partial charge on any atom is -0.355 e. The number of carbonyl (C=O) groups is 2. The summed E-state index contributed by atoms with van der Waals surface area (Å²) in [5.41, 5.74) is 0. The van der Waals surface area contributed by atoms with E-state index in [1.54, 1.807) is 18.1 Å². The van der Waals surface area contributed by atoms with E-state index in [0.29, 0.717) is 25.9 Å². The Kier molecular flexibility index (Phi) is 9.06. The Labute approximate surface area is 165 Å². The van der Waals surface area contributed by atoms with Gasteiger partial charge in [0.15, 0.2) is 0 Å². The lowest BCUT2D eigenvalue weighted by Crippen LogP contribution is -2.42. The van der Waals surface area contributed by atoms with E-state index in [2.05, 4.69) is 25.7 Å². The standard InChI is InChI=1S/C18H32N6O2S/c1-4-24-13-20-22-16(24)7-9-19-18(26)14-5-6-15(12-23(2)11-14)21-17(25)8-10-27-3/h13-15H,4-12H2,1-3H3,(H,19,26)(H,21,25)/t14-,15+/m1/s1. The summed E-state index contributed by atoms with van der Waals surface area (Å²) in [5.74, 6) is 1.87. The summed E-state index contributed by atoms with van der Waals surface area (Å²) in [5, 5.41) is 14.2. The Morgan fingerprint density at radius 3 is 2.89 bits per heavy atom. The molecule has 0 spiro atoms. The second kappa shape index (κ2) is 11.3. The minimum absolute atomic E-state index is 0.0489. The highest BCUT2D eigenvalue weighted by Gasteiger charge is 2.27. The first-order valence-corrected chi connectivity index (χ1v) is 11.0. The van der Waals surface area contributed by atoms with Gasteiger partial charge < -0.3 is 20.1 Å². The predicted molar refractivity (Wildman–Crippen MR) is 108 cm³/mol. The van der Waals surface area contributed by atoms with Gasteiger partial charge in [0.25, 0.3) is 0 Å². The minimum atomic E-state index is -0.0489. The molecule has 1 aromatic rings. The monoisotopic (exact) mass is 396 g/mol. The molecule has 1 fully saturated rings. The van der Waals surface area contributed by atoms with E-state index in [1.165, 1.54) is 0 Å². The number of likely N-dealkylation sites (tertiary alicyclic amines) is 1. The highest BCUT2D eigenvalue weighted by atomic mass is 32.2. The molecule has 2 amide bonds. The van der Waals surface area contributed by atoms with Crippen molar-refractivity contribution in [1.82, 2.24) is 30.3 Å². The third-order valence-electron chi connectivity index (χ3n) is 4.88. The lowest BCUT2D eigenvalue weighted by Gasteiger charge is -2.21. The van der Waals surface area contributed by atoms with Crippen molar-refractivity contribution in [3.8, 4) is 0 Å². The van der Waals surface area contributed by atoms with Crippen LogP contribution >= 0.6 is 11.8 Å². The van der Waals surface area contributed by atoms with Gasteiger partial charge in [0.1, 0.15) is 12.2 Å². The van der Waals surface area contributed by atoms with Crippen LogP contribution < -0.4 is 10.6 Å². The largest absolute Gasteiger partial charge is 0.355 e. The molecule has 0 aromatic carbocycles. The molecule has 0 radical (unpaired) electrons.